The minimum atomic E-state index is 0.569. The number of aliphatic imine (C=N–C) groups is 1. The Morgan fingerprint density at radius 3 is 2.95 bits per heavy atom. The number of thioether (sulfide) groups is 1. The summed E-state index contributed by atoms with van der Waals surface area (Å²) in [5.41, 5.74) is 3.59. The van der Waals surface area contributed by atoms with Crippen molar-refractivity contribution in [3.63, 3.8) is 0 Å². The van der Waals surface area contributed by atoms with E-state index in [4.69, 9.17) is 0 Å². The lowest BCUT2D eigenvalue weighted by atomic mass is 10.2. The van der Waals surface area contributed by atoms with Crippen molar-refractivity contribution in [2.75, 3.05) is 23.7 Å². The molecule has 20 heavy (non-hydrogen) atoms. The third-order valence-electron chi connectivity index (χ3n) is 3.16. The average Bonchev–Trinajstić information content (AvgIpc) is 3.05. The highest BCUT2D eigenvalue weighted by atomic mass is 32.2. The van der Waals surface area contributed by atoms with Crippen molar-refractivity contribution in [1.29, 1.82) is 0 Å². The van der Waals surface area contributed by atoms with Gasteiger partial charge in [-0.15, -0.1) is 11.8 Å². The normalized spacial score (nSPS) is 15.1. The Labute approximate surface area is 128 Å². The van der Waals surface area contributed by atoms with Gasteiger partial charge >= 0.3 is 0 Å². The van der Waals surface area contributed by atoms with Crippen molar-refractivity contribution < 1.29 is 0 Å². The van der Waals surface area contributed by atoms with Crippen molar-refractivity contribution in [3.8, 4) is 0 Å². The topological polar surface area (TPSA) is 31.4 Å². The fraction of sp³-hybridized carbons (Fsp3) is 0.400. The monoisotopic (exact) mass is 305 g/mol. The highest BCUT2D eigenvalue weighted by Crippen LogP contribution is 2.32. The number of aromatic nitrogens is 1. The average molecular weight is 305 g/mol. The summed E-state index contributed by atoms with van der Waals surface area (Å²) in [4.78, 5) is 8.11. The molecule has 0 aliphatic carbocycles. The van der Waals surface area contributed by atoms with Gasteiger partial charge in [0.25, 0.3) is 0 Å². The van der Waals surface area contributed by atoms with E-state index in [1.165, 1.54) is 16.6 Å². The maximum absolute atomic E-state index is 4.55. The molecule has 3 rings (SSSR count). The van der Waals surface area contributed by atoms with Gasteiger partial charge < -0.3 is 9.29 Å². The lowest BCUT2D eigenvalue weighted by Gasteiger charge is -2.20. The molecule has 3 nitrogen and oxygen atoms in total. The van der Waals surface area contributed by atoms with Crippen LogP contribution in [0, 0.1) is 0 Å². The summed E-state index contributed by atoms with van der Waals surface area (Å²) in [7, 11) is 2.13. The van der Waals surface area contributed by atoms with Crippen LogP contribution in [0.5, 0.6) is 0 Å². The molecular formula is C15H19N3S2. The van der Waals surface area contributed by atoms with Crippen LogP contribution in [0.3, 0.4) is 0 Å². The lowest BCUT2D eigenvalue weighted by Crippen LogP contribution is -2.10. The van der Waals surface area contributed by atoms with Gasteiger partial charge in [-0.25, -0.2) is 0 Å². The lowest BCUT2D eigenvalue weighted by molar-refractivity contribution is 1.10. The molecule has 0 fully saturated rings. The molecule has 1 aliphatic rings. The van der Waals surface area contributed by atoms with Gasteiger partial charge in [0.2, 0.25) is 0 Å². The SMILES string of the molecule is CC(C)SN(C)c1cccc2cc(C3=NCCS3)[nH]c12. The molecule has 1 aromatic heterocycles. The smallest absolute Gasteiger partial charge is 0.114 e. The van der Waals surface area contributed by atoms with Crippen LogP contribution in [0.15, 0.2) is 29.3 Å². The van der Waals surface area contributed by atoms with Crippen molar-refractivity contribution in [3.05, 3.63) is 30.0 Å². The number of benzene rings is 1. The predicted molar refractivity (Wildman–Crippen MR) is 93.3 cm³/mol. The van der Waals surface area contributed by atoms with Crippen LogP contribution in [0.4, 0.5) is 5.69 Å². The van der Waals surface area contributed by atoms with Crippen LogP contribution in [-0.2, 0) is 0 Å². The van der Waals surface area contributed by atoms with Crippen LogP contribution < -0.4 is 4.31 Å². The molecule has 5 heteroatoms. The van der Waals surface area contributed by atoms with Crippen LogP contribution >= 0.6 is 23.7 Å². The number of hydrogen-bond donors (Lipinski definition) is 1. The third kappa shape index (κ3) is 2.69. The number of fused-ring (bicyclic) bond motifs is 1. The number of para-hydroxylation sites is 1. The molecule has 106 valence electrons. The molecule has 0 atom stereocenters. The van der Waals surface area contributed by atoms with E-state index in [0.717, 1.165) is 23.0 Å². The number of nitrogens with one attached hydrogen (secondary N) is 1. The first kappa shape index (κ1) is 13.9. The Bertz CT molecular complexity index is 646. The highest BCUT2D eigenvalue weighted by molar-refractivity contribution is 8.14. The molecule has 0 radical (unpaired) electrons. The molecule has 0 spiro atoms. The van der Waals surface area contributed by atoms with Crippen molar-refractivity contribution in [1.82, 2.24) is 4.98 Å². The zero-order chi connectivity index (χ0) is 14.1. The molecule has 0 unspecified atom stereocenters. The van der Waals surface area contributed by atoms with Crippen molar-refractivity contribution in [2.45, 2.75) is 19.1 Å². The van der Waals surface area contributed by atoms with Crippen molar-refractivity contribution >= 4 is 45.3 Å². The number of nitrogens with zero attached hydrogens (tertiary/aromatic N) is 2. The van der Waals surface area contributed by atoms with Crippen molar-refractivity contribution in [2.24, 2.45) is 4.99 Å². The van der Waals surface area contributed by atoms with E-state index in [9.17, 15) is 0 Å². The molecule has 0 saturated heterocycles. The van der Waals surface area contributed by atoms with E-state index >= 15 is 0 Å². The zero-order valence-electron chi connectivity index (χ0n) is 12.0. The van der Waals surface area contributed by atoms with Crippen LogP contribution in [0.1, 0.15) is 19.5 Å². The number of rotatable bonds is 4. The number of anilines is 1. The van der Waals surface area contributed by atoms with Gasteiger partial charge in [0.1, 0.15) is 5.04 Å². The maximum Gasteiger partial charge on any atom is 0.114 e. The summed E-state index contributed by atoms with van der Waals surface area (Å²) in [5, 5.41) is 2.97. The Morgan fingerprint density at radius 1 is 1.40 bits per heavy atom. The first-order chi connectivity index (χ1) is 9.65. The fourth-order valence-electron chi connectivity index (χ4n) is 2.39. The molecule has 2 aromatic rings. The van der Waals surface area contributed by atoms with Gasteiger partial charge in [-0.05, 0) is 24.1 Å². The molecule has 0 bridgehead atoms. The maximum atomic E-state index is 4.55. The standard InChI is InChI=1S/C15H19N3S2/c1-10(2)20-18(3)13-6-4-5-11-9-12(17-14(11)13)15-16-7-8-19-15/h4-6,9-10,17H,7-8H2,1-3H3. The summed E-state index contributed by atoms with van der Waals surface area (Å²) >= 11 is 3.68. The molecular weight excluding hydrogens is 286 g/mol. The van der Waals surface area contributed by atoms with Crippen LogP contribution in [-0.4, -0.2) is 34.6 Å². The van der Waals surface area contributed by atoms with Gasteiger partial charge in [0, 0.05) is 30.0 Å². The Kier molecular flexibility index (Phi) is 3.98. The predicted octanol–water partition coefficient (Wildman–Crippen LogP) is 4.15. The van der Waals surface area contributed by atoms with E-state index in [2.05, 4.69) is 59.4 Å². The molecule has 0 amide bonds. The first-order valence-electron chi connectivity index (χ1n) is 6.85. The molecule has 2 heterocycles. The van der Waals surface area contributed by atoms with Gasteiger partial charge in [-0.2, -0.15) is 0 Å². The third-order valence-corrected chi connectivity index (χ3v) is 5.10. The highest BCUT2D eigenvalue weighted by Gasteiger charge is 2.15. The quantitative estimate of drug-likeness (QED) is 0.861. The van der Waals surface area contributed by atoms with Gasteiger partial charge in [0.05, 0.1) is 16.9 Å². The summed E-state index contributed by atoms with van der Waals surface area (Å²) in [6.45, 7) is 5.36. The first-order valence-corrected chi connectivity index (χ1v) is 8.67. The second-order valence-electron chi connectivity index (χ2n) is 5.11. The number of aromatic amines is 1. The second kappa shape index (κ2) is 5.74. The summed E-state index contributed by atoms with van der Waals surface area (Å²) in [6, 6.07) is 8.66. The van der Waals surface area contributed by atoms with E-state index in [-0.39, 0.29) is 0 Å². The number of H-pyrrole nitrogens is 1. The molecule has 1 aliphatic heterocycles. The van der Waals surface area contributed by atoms with Gasteiger partial charge in [0.15, 0.2) is 0 Å². The Balaban J connectivity index is 2.00. The molecule has 1 aromatic carbocycles. The van der Waals surface area contributed by atoms with Gasteiger partial charge in [-0.1, -0.05) is 26.0 Å². The van der Waals surface area contributed by atoms with Gasteiger partial charge in [-0.3, -0.25) is 4.99 Å². The van der Waals surface area contributed by atoms with E-state index in [1.54, 1.807) is 0 Å². The summed E-state index contributed by atoms with van der Waals surface area (Å²) in [5.74, 6) is 1.10. The summed E-state index contributed by atoms with van der Waals surface area (Å²) in [6.07, 6.45) is 0. The van der Waals surface area contributed by atoms with E-state index in [0.29, 0.717) is 5.25 Å². The second-order valence-corrected chi connectivity index (χ2v) is 7.90. The fourth-order valence-corrected chi connectivity index (χ4v) is 4.11. The molecule has 1 N–H and O–H groups in total. The minimum Gasteiger partial charge on any atom is -0.351 e. The largest absolute Gasteiger partial charge is 0.351 e. The Hall–Kier alpha value is -1.07. The van der Waals surface area contributed by atoms with E-state index < -0.39 is 0 Å². The number of hydrogen-bond acceptors (Lipinski definition) is 4. The van der Waals surface area contributed by atoms with Crippen LogP contribution in [0.25, 0.3) is 10.9 Å². The molecule has 0 saturated carbocycles. The summed E-state index contributed by atoms with van der Waals surface area (Å²) < 4.78 is 2.25. The zero-order valence-corrected chi connectivity index (χ0v) is 13.6. The van der Waals surface area contributed by atoms with Crippen LogP contribution in [0.2, 0.25) is 0 Å². The minimum absolute atomic E-state index is 0.569. The Morgan fingerprint density at radius 2 is 2.25 bits per heavy atom. The van der Waals surface area contributed by atoms with E-state index in [1.807, 2.05) is 23.7 Å².